The van der Waals surface area contributed by atoms with E-state index in [1.165, 1.54) is 11.3 Å². The highest BCUT2D eigenvalue weighted by atomic mass is 32.1. The fourth-order valence-electron chi connectivity index (χ4n) is 2.95. The Balaban J connectivity index is 1.46. The summed E-state index contributed by atoms with van der Waals surface area (Å²) in [5.74, 6) is -0.618. The van der Waals surface area contributed by atoms with E-state index in [4.69, 9.17) is 14.1 Å². The molecule has 0 spiro atoms. The second-order valence-electron chi connectivity index (χ2n) is 6.72. The Morgan fingerprint density at radius 3 is 2.34 bits per heavy atom. The van der Waals surface area contributed by atoms with Crippen molar-refractivity contribution in [2.45, 2.75) is 19.6 Å². The molecule has 32 heavy (non-hydrogen) atoms. The van der Waals surface area contributed by atoms with Crippen LogP contribution in [0.3, 0.4) is 0 Å². The van der Waals surface area contributed by atoms with Crippen molar-refractivity contribution in [3.8, 4) is 5.88 Å². The van der Waals surface area contributed by atoms with E-state index < -0.39 is 5.97 Å². The Bertz CT molecular complexity index is 1170. The van der Waals surface area contributed by atoms with E-state index >= 15 is 0 Å². The first-order valence-electron chi connectivity index (χ1n) is 9.68. The van der Waals surface area contributed by atoms with E-state index in [-0.39, 0.29) is 30.0 Å². The first-order chi connectivity index (χ1) is 15.6. The fraction of sp³-hybridized carbons (Fsp3) is 0.130. The molecule has 0 amide bonds. The molecule has 2 aromatic heterocycles. The molecular weight excluding hydrogens is 430 g/mol. The van der Waals surface area contributed by atoms with Gasteiger partial charge in [0.05, 0.1) is 5.01 Å². The van der Waals surface area contributed by atoms with Gasteiger partial charge in [0, 0.05) is 11.4 Å². The summed E-state index contributed by atoms with van der Waals surface area (Å²) in [6.07, 6.45) is -0.374. The van der Waals surface area contributed by atoms with Gasteiger partial charge >= 0.3 is 5.97 Å². The zero-order chi connectivity index (χ0) is 22.3. The minimum Gasteiger partial charge on any atom is -0.476 e. The van der Waals surface area contributed by atoms with Crippen molar-refractivity contribution in [3.63, 3.8) is 0 Å². The van der Waals surface area contributed by atoms with Gasteiger partial charge in [0.1, 0.15) is 5.69 Å². The molecule has 0 atom stereocenters. The second kappa shape index (κ2) is 9.88. The fourth-order valence-corrected chi connectivity index (χ4v) is 3.55. The van der Waals surface area contributed by atoms with Crippen LogP contribution >= 0.6 is 11.3 Å². The summed E-state index contributed by atoms with van der Waals surface area (Å²) in [4.78, 5) is 20.7. The van der Waals surface area contributed by atoms with Crippen LogP contribution in [0.1, 0.15) is 33.7 Å². The third-order valence-corrected chi connectivity index (χ3v) is 5.18. The van der Waals surface area contributed by atoms with Gasteiger partial charge in [0.25, 0.3) is 5.88 Å². The molecule has 4 rings (SSSR count). The molecule has 0 bridgehead atoms. The van der Waals surface area contributed by atoms with Crippen LogP contribution in [0.2, 0.25) is 0 Å². The highest BCUT2D eigenvalue weighted by molar-refractivity contribution is 7.09. The van der Waals surface area contributed by atoms with Crippen LogP contribution in [0, 0.1) is 6.92 Å². The average Bonchev–Trinajstić information content (AvgIpc) is 3.44. The van der Waals surface area contributed by atoms with E-state index in [0.717, 1.165) is 16.1 Å². The van der Waals surface area contributed by atoms with Gasteiger partial charge in [0.2, 0.25) is 5.71 Å². The minimum absolute atomic E-state index is 0.113. The first-order valence-corrected chi connectivity index (χ1v) is 10.6. The number of nitrogens with zero attached hydrogens (tertiary/aromatic N) is 3. The van der Waals surface area contributed by atoms with Crippen molar-refractivity contribution in [2.24, 2.45) is 5.16 Å². The van der Waals surface area contributed by atoms with Crippen LogP contribution < -0.4 is 4.74 Å². The van der Waals surface area contributed by atoms with Crippen molar-refractivity contribution in [3.05, 3.63) is 99.7 Å². The highest BCUT2D eigenvalue weighted by Gasteiger charge is 2.19. The van der Waals surface area contributed by atoms with Gasteiger partial charge in [0.15, 0.2) is 18.5 Å². The zero-order valence-electron chi connectivity index (χ0n) is 17.0. The van der Waals surface area contributed by atoms with E-state index in [0.29, 0.717) is 5.76 Å². The summed E-state index contributed by atoms with van der Waals surface area (Å²) in [5.41, 5.74) is 1.90. The van der Waals surface area contributed by atoms with E-state index in [2.05, 4.69) is 15.3 Å². The molecule has 1 N–H and O–H groups in total. The van der Waals surface area contributed by atoms with Gasteiger partial charge in [-0.15, -0.1) is 11.3 Å². The summed E-state index contributed by atoms with van der Waals surface area (Å²) in [6.45, 7) is 1.67. The molecule has 8 nitrogen and oxygen atoms in total. The van der Waals surface area contributed by atoms with E-state index in [1.807, 2.05) is 60.7 Å². The van der Waals surface area contributed by atoms with Crippen molar-refractivity contribution in [1.29, 1.82) is 0 Å². The summed E-state index contributed by atoms with van der Waals surface area (Å²) in [7, 11) is 0. The summed E-state index contributed by atoms with van der Waals surface area (Å²) in [6, 6.07) is 21.1. The third kappa shape index (κ3) is 5.19. The number of hydrogen-bond acceptors (Lipinski definition) is 8. The standard InChI is InChI=1S/C23H19N3O5S/c1-15-24-19(14-32-15)21(23(27)28)26-29-13-18-12-20(25-31-18)30-22(16-8-4-2-5-9-16)17-10-6-3-7-11-17/h2-12,14,22H,13H2,1H3,(H,27,28)/b26-21-. The largest absolute Gasteiger partial charge is 0.476 e. The lowest BCUT2D eigenvalue weighted by molar-refractivity contribution is -0.129. The van der Waals surface area contributed by atoms with E-state index in [9.17, 15) is 9.90 Å². The summed E-state index contributed by atoms with van der Waals surface area (Å²) in [5, 5.41) is 19.3. The number of carboxylic acid groups (broad SMARTS) is 1. The zero-order valence-corrected chi connectivity index (χ0v) is 17.9. The van der Waals surface area contributed by atoms with Crippen molar-refractivity contribution in [1.82, 2.24) is 10.1 Å². The number of carboxylic acids is 1. The van der Waals surface area contributed by atoms with Gasteiger partial charge in [-0.3, -0.25) is 0 Å². The predicted molar refractivity (Wildman–Crippen MR) is 118 cm³/mol. The molecule has 4 aromatic rings. The highest BCUT2D eigenvalue weighted by Crippen LogP contribution is 2.28. The van der Waals surface area contributed by atoms with Gasteiger partial charge in [-0.05, 0) is 23.2 Å². The number of oxime groups is 1. The number of thiazole rings is 1. The second-order valence-corrected chi connectivity index (χ2v) is 7.78. The maximum Gasteiger partial charge on any atom is 0.360 e. The maximum atomic E-state index is 11.4. The number of aromatic nitrogens is 2. The molecule has 0 radical (unpaired) electrons. The van der Waals surface area contributed by atoms with Gasteiger partial charge < -0.3 is 19.2 Å². The van der Waals surface area contributed by atoms with E-state index in [1.54, 1.807) is 18.4 Å². The third-order valence-electron chi connectivity index (χ3n) is 4.41. The Kier molecular flexibility index (Phi) is 6.57. The number of carbonyl (C=O) groups is 1. The SMILES string of the molecule is Cc1nc(/C(=N/OCc2cc(OC(c3ccccc3)c3ccccc3)no2)C(=O)O)cs1. The first kappa shape index (κ1) is 21.3. The van der Waals surface area contributed by atoms with Crippen LogP contribution in [0.4, 0.5) is 0 Å². The molecule has 2 aromatic carbocycles. The van der Waals surface area contributed by atoms with Crippen molar-refractivity contribution < 1.29 is 24.0 Å². The Morgan fingerprint density at radius 1 is 1.12 bits per heavy atom. The van der Waals surface area contributed by atoms with Crippen LogP contribution in [0.25, 0.3) is 0 Å². The quantitative estimate of drug-likeness (QED) is 0.294. The molecule has 2 heterocycles. The number of aliphatic carboxylic acids is 1. The normalized spacial score (nSPS) is 11.5. The number of rotatable bonds is 9. The predicted octanol–water partition coefficient (Wildman–Crippen LogP) is 4.61. The van der Waals surface area contributed by atoms with Crippen molar-refractivity contribution in [2.75, 3.05) is 0 Å². The smallest absolute Gasteiger partial charge is 0.360 e. The molecule has 0 saturated heterocycles. The average molecular weight is 449 g/mol. The number of ether oxygens (including phenoxy) is 1. The Hall–Kier alpha value is -3.98. The van der Waals surface area contributed by atoms with Crippen LogP contribution in [-0.2, 0) is 16.2 Å². The molecule has 0 aliphatic carbocycles. The molecule has 0 aliphatic heterocycles. The molecule has 0 fully saturated rings. The summed E-state index contributed by atoms with van der Waals surface area (Å²) < 4.78 is 11.4. The lowest BCUT2D eigenvalue weighted by atomic mass is 10.0. The van der Waals surface area contributed by atoms with Gasteiger partial charge in [-0.1, -0.05) is 65.8 Å². The summed E-state index contributed by atoms with van der Waals surface area (Å²) >= 11 is 1.33. The maximum absolute atomic E-state index is 11.4. The lowest BCUT2D eigenvalue weighted by Gasteiger charge is -2.18. The molecular formula is C23H19N3O5S. The van der Waals surface area contributed by atoms with Crippen molar-refractivity contribution >= 4 is 23.0 Å². The monoisotopic (exact) mass is 449 g/mol. The minimum atomic E-state index is -1.23. The molecule has 162 valence electrons. The Labute approximate surface area is 187 Å². The van der Waals surface area contributed by atoms with Gasteiger partial charge in [-0.25, -0.2) is 9.78 Å². The van der Waals surface area contributed by atoms with Crippen LogP contribution in [-0.4, -0.2) is 26.9 Å². The van der Waals surface area contributed by atoms with Gasteiger partial charge in [-0.2, -0.15) is 0 Å². The van der Waals surface area contributed by atoms with Crippen LogP contribution in [0.5, 0.6) is 5.88 Å². The topological polar surface area (TPSA) is 107 Å². The number of hydrogen-bond donors (Lipinski definition) is 1. The number of aryl methyl sites for hydroxylation is 1. The molecule has 0 unspecified atom stereocenters. The molecule has 0 aliphatic rings. The molecule has 0 saturated carbocycles. The lowest BCUT2D eigenvalue weighted by Crippen LogP contribution is -2.15. The molecule has 9 heteroatoms. The number of benzene rings is 2. The van der Waals surface area contributed by atoms with Crippen LogP contribution in [0.15, 0.2) is 81.8 Å². The Morgan fingerprint density at radius 2 is 1.78 bits per heavy atom.